The van der Waals surface area contributed by atoms with Crippen LogP contribution in [0.1, 0.15) is 54.1 Å². The molecule has 6 rings (SSSR count). The Bertz CT molecular complexity index is 1030. The number of ketones is 1. The minimum Gasteiger partial charge on any atom is -0.315 e. The van der Waals surface area contributed by atoms with Crippen molar-refractivity contribution in [3.05, 3.63) is 71.8 Å². The Morgan fingerprint density at radius 2 is 1.43 bits per heavy atom. The monoisotopic (exact) mass is 540 g/mol. The van der Waals surface area contributed by atoms with Gasteiger partial charge < -0.3 is 4.74 Å². The largest absolute Gasteiger partial charge is 0.432 e. The van der Waals surface area contributed by atoms with Gasteiger partial charge in [-0.25, -0.2) is 0 Å². The van der Waals surface area contributed by atoms with Crippen molar-refractivity contribution in [1.82, 2.24) is 0 Å². The first-order valence-electron chi connectivity index (χ1n) is 12.4. The molecule has 0 saturated heterocycles. The molecule has 0 spiro atoms. The van der Waals surface area contributed by atoms with Crippen LogP contribution in [0.2, 0.25) is 0 Å². The van der Waals surface area contributed by atoms with Gasteiger partial charge in [0.2, 0.25) is 0 Å². The summed E-state index contributed by atoms with van der Waals surface area (Å²) in [6.45, 7) is -0.420. The van der Waals surface area contributed by atoms with Crippen LogP contribution in [-0.2, 0) is 19.0 Å². The van der Waals surface area contributed by atoms with Crippen molar-refractivity contribution in [2.45, 2.75) is 49.6 Å². The van der Waals surface area contributed by atoms with E-state index in [1.54, 1.807) is 60.7 Å². The lowest BCUT2D eigenvalue weighted by Gasteiger charge is -2.54. The zero-order valence-corrected chi connectivity index (χ0v) is 20.8. The number of rotatable bonds is 12. The van der Waals surface area contributed by atoms with Crippen LogP contribution in [0.5, 0.6) is 0 Å². The number of carbonyl (C=O) groups excluding carboxylic acids is 1. The van der Waals surface area contributed by atoms with Crippen LogP contribution in [0.4, 0.5) is 17.6 Å². The zero-order valence-electron chi connectivity index (χ0n) is 19.9. The van der Waals surface area contributed by atoms with E-state index in [4.69, 9.17) is 4.89 Å². The van der Waals surface area contributed by atoms with Crippen molar-refractivity contribution < 1.29 is 41.4 Å². The normalized spacial score (nSPS) is 27.8. The zero-order chi connectivity index (χ0) is 26.0. The Balaban J connectivity index is 1.14. The third-order valence-electron chi connectivity index (χ3n) is 7.92. The molecule has 1 unspecified atom stereocenters. The maximum absolute atomic E-state index is 14.4. The molecule has 0 amide bonds. The molecule has 5 nitrogen and oxygen atoms in total. The maximum Gasteiger partial charge on any atom is 0.432 e. The quantitative estimate of drug-likeness (QED) is 0.0698. The van der Waals surface area contributed by atoms with Gasteiger partial charge in [-0.3, -0.25) is 4.79 Å². The fourth-order valence-corrected chi connectivity index (χ4v) is 6.69. The predicted molar refractivity (Wildman–Crippen MR) is 127 cm³/mol. The van der Waals surface area contributed by atoms with Crippen LogP contribution in [0.25, 0.3) is 0 Å². The fraction of sp³-hybridized carbons (Fsp3) is 0.519. The van der Waals surface area contributed by atoms with Gasteiger partial charge in [-0.2, -0.15) is 22.4 Å². The molecule has 4 bridgehead atoms. The van der Waals surface area contributed by atoms with Gasteiger partial charge in [0.15, 0.2) is 11.9 Å². The van der Waals surface area contributed by atoms with Crippen LogP contribution in [0, 0.1) is 29.6 Å². The minimum absolute atomic E-state index is 0.129. The van der Waals surface area contributed by atoms with Gasteiger partial charge in [-0.15, -0.1) is 4.33 Å². The smallest absolute Gasteiger partial charge is 0.315 e. The van der Waals surface area contributed by atoms with Gasteiger partial charge in [0.1, 0.15) is 12.0 Å². The first-order chi connectivity index (χ1) is 17.7. The second-order valence-electron chi connectivity index (χ2n) is 10.3. The molecule has 0 heterocycles. The molecule has 4 fully saturated rings. The van der Waals surface area contributed by atoms with Gasteiger partial charge in [0.25, 0.3) is 0 Å². The van der Waals surface area contributed by atoms with E-state index in [-0.39, 0.29) is 23.3 Å². The van der Waals surface area contributed by atoms with E-state index >= 15 is 0 Å². The molecule has 0 radical (unpaired) electrons. The molecule has 10 heteroatoms. The number of alkyl halides is 4. The fourth-order valence-electron chi connectivity index (χ4n) is 6.39. The topological polar surface area (TPSA) is 54.0 Å². The summed E-state index contributed by atoms with van der Waals surface area (Å²) >= 11 is -0.921. The number of hydrogen-bond donors (Lipinski definition) is 0. The second kappa shape index (κ2) is 11.0. The summed E-state index contributed by atoms with van der Waals surface area (Å²) < 4.78 is 66.3. The summed E-state index contributed by atoms with van der Waals surface area (Å²) in [6, 6.07) is 16.3. The minimum atomic E-state index is -4.78. The Hall–Kier alpha value is -1.98. The van der Waals surface area contributed by atoms with Crippen molar-refractivity contribution in [1.29, 1.82) is 0 Å². The summed E-state index contributed by atoms with van der Waals surface area (Å²) in [5, 5.41) is -0.387. The van der Waals surface area contributed by atoms with Crippen LogP contribution in [0.15, 0.2) is 60.7 Å². The predicted octanol–water partition coefficient (Wildman–Crippen LogP) is 7.41. The number of carbonyl (C=O) groups is 1. The molecule has 4 saturated carbocycles. The van der Waals surface area contributed by atoms with Crippen molar-refractivity contribution in [2.75, 3.05) is 6.61 Å². The highest BCUT2D eigenvalue weighted by Gasteiger charge is 2.61. The summed E-state index contributed by atoms with van der Waals surface area (Å²) in [6.07, 6.45) is -1.08. The average molecular weight is 541 g/mol. The highest BCUT2D eigenvalue weighted by molar-refractivity contribution is 7.95. The average Bonchev–Trinajstić information content (AvgIpc) is 2.88. The molecule has 4 aliphatic carbocycles. The van der Waals surface area contributed by atoms with Gasteiger partial charge in [0, 0.05) is 5.56 Å². The van der Waals surface area contributed by atoms with E-state index in [1.807, 2.05) is 0 Å². The van der Waals surface area contributed by atoms with Crippen molar-refractivity contribution in [3.63, 3.8) is 0 Å². The Labute approximate surface area is 216 Å². The molecular weight excluding hydrogens is 512 g/mol. The summed E-state index contributed by atoms with van der Waals surface area (Å²) in [5.74, 6) is 1.13. The van der Waals surface area contributed by atoms with Crippen LogP contribution in [-0.4, -0.2) is 23.8 Å². The Morgan fingerprint density at radius 1 is 0.865 bits per heavy atom. The summed E-state index contributed by atoms with van der Waals surface area (Å²) in [7, 11) is 0. The first-order valence-corrected chi connectivity index (χ1v) is 13.2. The number of benzene rings is 2. The van der Waals surface area contributed by atoms with E-state index in [0.717, 1.165) is 25.7 Å². The molecule has 37 heavy (non-hydrogen) atoms. The third kappa shape index (κ3) is 5.88. The van der Waals surface area contributed by atoms with Crippen LogP contribution >= 0.6 is 12.0 Å². The standard InChI is InChI=1S/C27H28F4O5S/c28-26(29,33-16-23-21-12-17-11-18(14-21)15-22(23)13-17)27(30,31)37-36-35-34-25(20-9-5-2-6-10-20)24(32)19-7-3-1-4-8-19/h1-10,17-18,21-23,25H,11-16H2. The van der Waals surface area contributed by atoms with Crippen molar-refractivity contribution >= 4 is 17.8 Å². The summed E-state index contributed by atoms with van der Waals surface area (Å²) in [4.78, 5) is 17.8. The van der Waals surface area contributed by atoms with E-state index < -0.39 is 41.9 Å². The molecule has 2 aromatic rings. The second-order valence-corrected chi connectivity index (χ2v) is 11.1. The van der Waals surface area contributed by atoms with Gasteiger partial charge in [-0.1, -0.05) is 65.7 Å². The lowest BCUT2D eigenvalue weighted by atomic mass is 9.52. The van der Waals surface area contributed by atoms with Crippen LogP contribution in [0.3, 0.4) is 0 Å². The maximum atomic E-state index is 14.4. The van der Waals surface area contributed by atoms with Crippen molar-refractivity contribution in [2.24, 2.45) is 29.6 Å². The number of halogens is 4. The molecule has 4 aliphatic rings. The van der Waals surface area contributed by atoms with E-state index in [1.165, 1.54) is 6.42 Å². The molecule has 0 aliphatic heterocycles. The van der Waals surface area contributed by atoms with Crippen molar-refractivity contribution in [3.8, 4) is 0 Å². The molecule has 0 aromatic heterocycles. The number of hydrogen-bond acceptors (Lipinski definition) is 6. The van der Waals surface area contributed by atoms with E-state index in [0.29, 0.717) is 17.4 Å². The highest BCUT2D eigenvalue weighted by Crippen LogP contribution is 2.57. The molecule has 200 valence electrons. The van der Waals surface area contributed by atoms with Gasteiger partial charge in [0.05, 0.1) is 6.61 Å². The molecule has 0 N–H and O–H groups in total. The lowest BCUT2D eigenvalue weighted by Crippen LogP contribution is -2.49. The number of ether oxygens (including phenoxy) is 1. The van der Waals surface area contributed by atoms with Gasteiger partial charge >= 0.3 is 11.4 Å². The first kappa shape index (κ1) is 26.6. The van der Waals surface area contributed by atoms with Gasteiger partial charge in [-0.05, 0) is 67.3 Å². The SMILES string of the molecule is O=C(c1ccccc1)C(OOOSC(F)(F)C(F)(F)OCC1C2CC3CC(C2)CC1C3)c1ccccc1. The third-order valence-corrected chi connectivity index (χ3v) is 8.49. The van der Waals surface area contributed by atoms with E-state index in [9.17, 15) is 22.4 Å². The number of Topliss-reactive ketones (excluding diaryl/α,β-unsaturated/α-hetero) is 1. The molecular formula is C27H28F4O5S. The lowest BCUT2D eigenvalue weighted by molar-refractivity contribution is -0.474. The molecule has 2 aromatic carbocycles. The summed E-state index contributed by atoms with van der Waals surface area (Å²) in [5.41, 5.74) is 0.642. The molecule has 1 atom stereocenters. The van der Waals surface area contributed by atoms with E-state index in [2.05, 4.69) is 14.1 Å². The Morgan fingerprint density at radius 3 is 2.03 bits per heavy atom. The van der Waals surface area contributed by atoms with Crippen LogP contribution < -0.4 is 0 Å². The Kier molecular flexibility index (Phi) is 7.93. The highest BCUT2D eigenvalue weighted by atomic mass is 32.2.